The van der Waals surface area contributed by atoms with Crippen LogP contribution in [-0.4, -0.2) is 40.8 Å². The zero-order valence-electron chi connectivity index (χ0n) is 22.1. The van der Waals surface area contributed by atoms with Crippen molar-refractivity contribution in [3.63, 3.8) is 0 Å². The van der Waals surface area contributed by atoms with E-state index in [1.54, 1.807) is 6.07 Å². The van der Waals surface area contributed by atoms with Gasteiger partial charge in [0.1, 0.15) is 11.6 Å². The monoisotopic (exact) mass is 580 g/mol. The van der Waals surface area contributed by atoms with Crippen LogP contribution in [0.1, 0.15) is 27.7 Å². The minimum Gasteiger partial charge on any atom is -0.505 e. The Morgan fingerprint density at radius 2 is 1.27 bits per heavy atom. The Labute approximate surface area is 233 Å². The topological polar surface area (TPSA) is 44.5 Å². The molecule has 0 saturated heterocycles. The Balaban J connectivity index is 1.88. The molecule has 3 aromatic carbocycles. The molecule has 7 heteroatoms. The lowest BCUT2D eigenvalue weighted by molar-refractivity contribution is 0.472. The average molecular weight is 582 g/mol. The Kier molecular flexibility index (Phi) is 8.50. The van der Waals surface area contributed by atoms with Crippen molar-refractivity contribution in [1.82, 2.24) is 9.55 Å². The Bertz CT molecular complexity index is 1330. The third-order valence-electron chi connectivity index (χ3n) is 6.91. The van der Waals surface area contributed by atoms with Gasteiger partial charge in [0.05, 0.1) is 20.9 Å². The van der Waals surface area contributed by atoms with Gasteiger partial charge in [-0.2, -0.15) is 0 Å². The second-order valence-electron chi connectivity index (χ2n) is 8.92. The Hall–Kier alpha value is -2.96. The molecule has 0 atom stereocenters. The second kappa shape index (κ2) is 11.6. The third kappa shape index (κ3) is 5.36. The maximum Gasteiger partial charge on any atom is 0.148 e. The summed E-state index contributed by atoms with van der Waals surface area (Å²) in [6, 6.07) is 20.9. The number of aromatic hydroxyl groups is 1. The number of imidazole rings is 1. The Morgan fingerprint density at radius 3 is 1.73 bits per heavy atom. The number of phenolic OH excluding ortho intramolecular Hbond substituents is 1. The highest BCUT2D eigenvalue weighted by Gasteiger charge is 2.21. The van der Waals surface area contributed by atoms with E-state index >= 15 is 0 Å². The molecule has 0 radical (unpaired) electrons. The van der Waals surface area contributed by atoms with Crippen molar-refractivity contribution in [3.8, 4) is 39.7 Å². The first-order valence-electron chi connectivity index (χ1n) is 12.8. The van der Waals surface area contributed by atoms with E-state index in [1.807, 2.05) is 13.1 Å². The van der Waals surface area contributed by atoms with E-state index in [0.29, 0.717) is 4.47 Å². The summed E-state index contributed by atoms with van der Waals surface area (Å²) in [7, 11) is 2.03. The van der Waals surface area contributed by atoms with E-state index in [0.717, 1.165) is 60.1 Å². The van der Waals surface area contributed by atoms with Gasteiger partial charge < -0.3 is 19.5 Å². The van der Waals surface area contributed by atoms with Gasteiger partial charge in [0.25, 0.3) is 0 Å². The van der Waals surface area contributed by atoms with Crippen LogP contribution in [0.3, 0.4) is 0 Å². The minimum absolute atomic E-state index is 0.0269. The highest BCUT2D eigenvalue weighted by molar-refractivity contribution is 9.10. The van der Waals surface area contributed by atoms with Crippen molar-refractivity contribution < 1.29 is 5.11 Å². The molecule has 0 aliphatic carbocycles. The summed E-state index contributed by atoms with van der Waals surface area (Å²) in [6.45, 7) is 12.5. The number of anilines is 2. The molecule has 37 heavy (non-hydrogen) atoms. The number of nitrogens with zero attached hydrogens (tertiary/aromatic N) is 4. The van der Waals surface area contributed by atoms with Gasteiger partial charge in [-0.1, -0.05) is 35.9 Å². The van der Waals surface area contributed by atoms with E-state index < -0.39 is 0 Å². The lowest BCUT2D eigenvalue weighted by Crippen LogP contribution is -2.21. The normalized spacial score (nSPS) is 11.1. The van der Waals surface area contributed by atoms with Gasteiger partial charge >= 0.3 is 0 Å². The van der Waals surface area contributed by atoms with Crippen LogP contribution in [0.4, 0.5) is 11.4 Å². The molecule has 1 N–H and O–H groups in total. The largest absolute Gasteiger partial charge is 0.505 e. The molecule has 4 aromatic rings. The van der Waals surface area contributed by atoms with Crippen LogP contribution in [0.2, 0.25) is 5.02 Å². The first-order valence-corrected chi connectivity index (χ1v) is 14.0. The SMILES string of the molecule is CCN(CC)c1ccc(-c2nc(-c3cc(Cl)c(O)c(Br)c3)n(C)c2-c2ccc(N(CC)CC)cc2)cc1. The maximum atomic E-state index is 10.2. The quantitative estimate of drug-likeness (QED) is 0.216. The van der Waals surface area contributed by atoms with Crippen LogP contribution >= 0.6 is 27.5 Å². The predicted octanol–water partition coefficient (Wildman–Crippen LogP) is 8.24. The van der Waals surface area contributed by atoms with Crippen molar-refractivity contribution in [2.24, 2.45) is 7.05 Å². The molecule has 1 aromatic heterocycles. The fourth-order valence-electron chi connectivity index (χ4n) is 4.82. The van der Waals surface area contributed by atoms with Crippen molar-refractivity contribution in [3.05, 3.63) is 70.2 Å². The third-order valence-corrected chi connectivity index (χ3v) is 7.80. The molecular formula is C30H34BrClN4O. The van der Waals surface area contributed by atoms with Crippen LogP contribution in [-0.2, 0) is 7.05 Å². The fraction of sp³-hybridized carbons (Fsp3) is 0.300. The number of halogens is 2. The van der Waals surface area contributed by atoms with Crippen LogP contribution < -0.4 is 9.80 Å². The van der Waals surface area contributed by atoms with E-state index in [1.165, 1.54) is 11.4 Å². The maximum absolute atomic E-state index is 10.2. The summed E-state index contributed by atoms with van der Waals surface area (Å²) >= 11 is 9.75. The number of rotatable bonds is 9. The average Bonchev–Trinajstić information content (AvgIpc) is 3.26. The zero-order chi connectivity index (χ0) is 26.7. The van der Waals surface area contributed by atoms with Gasteiger partial charge in [-0.05, 0) is 80.0 Å². The smallest absolute Gasteiger partial charge is 0.148 e. The number of hydrogen-bond acceptors (Lipinski definition) is 4. The van der Waals surface area contributed by atoms with Crippen molar-refractivity contribution in [1.29, 1.82) is 0 Å². The summed E-state index contributed by atoms with van der Waals surface area (Å²) in [6.07, 6.45) is 0. The first-order chi connectivity index (χ1) is 17.8. The van der Waals surface area contributed by atoms with E-state index in [4.69, 9.17) is 16.6 Å². The molecule has 0 amide bonds. The lowest BCUT2D eigenvalue weighted by Gasteiger charge is -2.21. The second-order valence-corrected chi connectivity index (χ2v) is 10.2. The van der Waals surface area contributed by atoms with Gasteiger partial charge in [0.2, 0.25) is 0 Å². The first kappa shape index (κ1) is 27.1. The van der Waals surface area contributed by atoms with Gasteiger partial charge in [-0.15, -0.1) is 0 Å². The molecule has 0 fully saturated rings. The molecule has 0 spiro atoms. The molecule has 0 saturated carbocycles. The summed E-state index contributed by atoms with van der Waals surface area (Å²) in [5, 5.41) is 10.5. The molecule has 0 aliphatic rings. The summed E-state index contributed by atoms with van der Waals surface area (Å²) in [5.41, 5.74) is 7.29. The van der Waals surface area contributed by atoms with E-state index in [-0.39, 0.29) is 10.8 Å². The van der Waals surface area contributed by atoms with Crippen LogP contribution in [0.5, 0.6) is 5.75 Å². The zero-order valence-corrected chi connectivity index (χ0v) is 24.4. The number of benzene rings is 3. The van der Waals surface area contributed by atoms with E-state index in [2.05, 4.69) is 107 Å². The standard InChI is InChI=1S/C30H34BrClN4O/c1-6-35(7-2)23-14-10-20(11-15-23)27-28(21-12-16-24(17-13-21)36(8-3)9-4)34(5)30(33-27)22-18-25(31)29(37)26(32)19-22/h10-19,37H,6-9H2,1-5H3. The molecule has 194 valence electrons. The molecule has 4 rings (SSSR count). The molecule has 0 aliphatic heterocycles. The van der Waals surface area contributed by atoms with Crippen molar-refractivity contribution >= 4 is 38.9 Å². The van der Waals surface area contributed by atoms with Crippen molar-refractivity contribution in [2.75, 3.05) is 36.0 Å². The molecule has 0 bridgehead atoms. The predicted molar refractivity (Wildman–Crippen MR) is 161 cm³/mol. The minimum atomic E-state index is 0.0269. The van der Waals surface area contributed by atoms with Gasteiger partial charge in [0, 0.05) is 61.3 Å². The Morgan fingerprint density at radius 1 is 0.784 bits per heavy atom. The summed E-state index contributed by atoms with van der Waals surface area (Å²) < 4.78 is 2.64. The summed E-state index contributed by atoms with van der Waals surface area (Å²) in [5.74, 6) is 0.798. The highest BCUT2D eigenvalue weighted by atomic mass is 79.9. The van der Waals surface area contributed by atoms with Gasteiger partial charge in [-0.25, -0.2) is 4.98 Å². The summed E-state index contributed by atoms with van der Waals surface area (Å²) in [4.78, 5) is 9.79. The number of hydrogen-bond donors (Lipinski definition) is 1. The number of phenols is 1. The molecule has 5 nitrogen and oxygen atoms in total. The van der Waals surface area contributed by atoms with Crippen LogP contribution in [0, 0.1) is 0 Å². The number of aromatic nitrogens is 2. The van der Waals surface area contributed by atoms with Crippen molar-refractivity contribution in [2.45, 2.75) is 27.7 Å². The van der Waals surface area contributed by atoms with Gasteiger partial charge in [-0.3, -0.25) is 0 Å². The fourth-order valence-corrected chi connectivity index (χ4v) is 5.61. The molecular weight excluding hydrogens is 548 g/mol. The van der Waals surface area contributed by atoms with Crippen LogP contribution in [0.25, 0.3) is 33.9 Å². The lowest BCUT2D eigenvalue weighted by atomic mass is 10.0. The highest BCUT2D eigenvalue weighted by Crippen LogP contribution is 2.40. The molecule has 1 heterocycles. The molecule has 0 unspecified atom stereocenters. The van der Waals surface area contributed by atoms with Crippen LogP contribution in [0.15, 0.2) is 65.1 Å². The van der Waals surface area contributed by atoms with E-state index in [9.17, 15) is 5.11 Å². The van der Waals surface area contributed by atoms with Gasteiger partial charge in [0.15, 0.2) is 0 Å².